The highest BCUT2D eigenvalue weighted by Gasteiger charge is 1.93. The third-order valence-electron chi connectivity index (χ3n) is 1.56. The van der Waals surface area contributed by atoms with Crippen molar-refractivity contribution in [1.82, 2.24) is 0 Å². The number of rotatable bonds is 4. The van der Waals surface area contributed by atoms with Crippen LogP contribution in [0.15, 0.2) is 24.3 Å². The largest absolute Gasteiger partial charge is 0.494 e. The summed E-state index contributed by atoms with van der Waals surface area (Å²) >= 11 is 0. The molecule has 13 heavy (non-hydrogen) atoms. The Morgan fingerprint density at radius 1 is 1.31 bits per heavy atom. The zero-order chi connectivity index (χ0) is 9.52. The molecule has 0 spiro atoms. The van der Waals surface area contributed by atoms with Gasteiger partial charge >= 0.3 is 0 Å². The molecule has 0 amide bonds. The molecule has 2 heteroatoms. The molecule has 0 aliphatic rings. The van der Waals surface area contributed by atoms with E-state index < -0.39 is 0 Å². The SMILES string of the molecule is C#COCc1ccc(OCC)cc1. The fourth-order valence-electron chi connectivity index (χ4n) is 0.974. The van der Waals surface area contributed by atoms with E-state index in [2.05, 4.69) is 6.11 Å². The van der Waals surface area contributed by atoms with Crippen molar-refractivity contribution in [3.8, 4) is 18.3 Å². The molecule has 0 radical (unpaired) electrons. The van der Waals surface area contributed by atoms with E-state index in [1.54, 1.807) is 0 Å². The minimum Gasteiger partial charge on any atom is -0.494 e. The van der Waals surface area contributed by atoms with E-state index in [0.717, 1.165) is 11.3 Å². The molecule has 0 aromatic heterocycles. The van der Waals surface area contributed by atoms with Crippen molar-refractivity contribution >= 4 is 0 Å². The molecule has 0 atom stereocenters. The Bertz CT molecular complexity index is 282. The second kappa shape index (κ2) is 5.10. The third-order valence-corrected chi connectivity index (χ3v) is 1.56. The van der Waals surface area contributed by atoms with Crippen LogP contribution in [0.1, 0.15) is 12.5 Å². The lowest BCUT2D eigenvalue weighted by Gasteiger charge is -2.03. The van der Waals surface area contributed by atoms with Gasteiger partial charge in [0.05, 0.1) is 6.61 Å². The Hall–Kier alpha value is -1.62. The summed E-state index contributed by atoms with van der Waals surface area (Å²) in [7, 11) is 0. The van der Waals surface area contributed by atoms with Crippen molar-refractivity contribution in [2.75, 3.05) is 6.61 Å². The first-order valence-corrected chi connectivity index (χ1v) is 4.16. The van der Waals surface area contributed by atoms with Crippen molar-refractivity contribution < 1.29 is 9.47 Å². The topological polar surface area (TPSA) is 18.5 Å². The minimum absolute atomic E-state index is 0.447. The molecule has 1 aromatic rings. The van der Waals surface area contributed by atoms with E-state index >= 15 is 0 Å². The number of ether oxygens (including phenoxy) is 2. The zero-order valence-corrected chi connectivity index (χ0v) is 7.62. The normalized spacial score (nSPS) is 8.92. The second-order valence-electron chi connectivity index (χ2n) is 2.48. The lowest BCUT2D eigenvalue weighted by molar-refractivity contribution is 0.265. The van der Waals surface area contributed by atoms with Crippen molar-refractivity contribution in [2.24, 2.45) is 0 Å². The lowest BCUT2D eigenvalue weighted by Crippen LogP contribution is -1.92. The second-order valence-corrected chi connectivity index (χ2v) is 2.48. The van der Waals surface area contributed by atoms with E-state index in [0.29, 0.717) is 13.2 Å². The maximum Gasteiger partial charge on any atom is 0.125 e. The zero-order valence-electron chi connectivity index (χ0n) is 7.62. The van der Waals surface area contributed by atoms with Gasteiger partial charge < -0.3 is 9.47 Å². The van der Waals surface area contributed by atoms with Crippen molar-refractivity contribution in [1.29, 1.82) is 0 Å². The molecule has 0 fully saturated rings. The van der Waals surface area contributed by atoms with Gasteiger partial charge in [0.1, 0.15) is 18.5 Å². The standard InChI is InChI=1S/C11H12O2/c1-3-12-9-10-5-7-11(8-6-10)13-4-2/h1,5-8H,4,9H2,2H3. The van der Waals surface area contributed by atoms with Gasteiger partial charge in [0.2, 0.25) is 0 Å². The predicted octanol–water partition coefficient (Wildman–Crippen LogP) is 2.19. The van der Waals surface area contributed by atoms with Crippen molar-refractivity contribution in [3.63, 3.8) is 0 Å². The number of hydrogen-bond acceptors (Lipinski definition) is 2. The summed E-state index contributed by atoms with van der Waals surface area (Å²) in [6.07, 6.45) is 7.08. The Morgan fingerprint density at radius 3 is 2.54 bits per heavy atom. The Kier molecular flexibility index (Phi) is 3.72. The molecule has 68 valence electrons. The van der Waals surface area contributed by atoms with Gasteiger partial charge in [-0.25, -0.2) is 0 Å². The van der Waals surface area contributed by atoms with E-state index in [1.807, 2.05) is 31.2 Å². The fraction of sp³-hybridized carbons (Fsp3) is 0.273. The monoisotopic (exact) mass is 176 g/mol. The number of hydrogen-bond donors (Lipinski definition) is 0. The molecule has 0 aliphatic carbocycles. The minimum atomic E-state index is 0.447. The number of benzene rings is 1. The van der Waals surface area contributed by atoms with Crippen LogP contribution in [0, 0.1) is 12.5 Å². The van der Waals surface area contributed by atoms with Crippen LogP contribution in [0.25, 0.3) is 0 Å². The van der Waals surface area contributed by atoms with Crippen molar-refractivity contribution in [3.05, 3.63) is 29.8 Å². The first-order chi connectivity index (χ1) is 6.36. The van der Waals surface area contributed by atoms with Gasteiger partial charge in [-0.05, 0) is 24.6 Å². The van der Waals surface area contributed by atoms with Crippen LogP contribution in [0.5, 0.6) is 5.75 Å². The Morgan fingerprint density at radius 2 is 2.00 bits per heavy atom. The molecular formula is C11H12O2. The van der Waals surface area contributed by atoms with Gasteiger partial charge in [0.15, 0.2) is 0 Å². The van der Waals surface area contributed by atoms with Crippen LogP contribution in [0.3, 0.4) is 0 Å². The highest BCUT2D eigenvalue weighted by Crippen LogP contribution is 2.12. The highest BCUT2D eigenvalue weighted by molar-refractivity contribution is 5.26. The average molecular weight is 176 g/mol. The molecular weight excluding hydrogens is 164 g/mol. The quantitative estimate of drug-likeness (QED) is 0.655. The molecule has 0 N–H and O–H groups in total. The predicted molar refractivity (Wildman–Crippen MR) is 51.2 cm³/mol. The summed E-state index contributed by atoms with van der Waals surface area (Å²) in [4.78, 5) is 0. The van der Waals surface area contributed by atoms with E-state index in [9.17, 15) is 0 Å². The lowest BCUT2D eigenvalue weighted by atomic mass is 10.2. The van der Waals surface area contributed by atoms with Gasteiger partial charge in [0, 0.05) is 0 Å². The summed E-state index contributed by atoms with van der Waals surface area (Å²) < 4.78 is 10.1. The highest BCUT2D eigenvalue weighted by atomic mass is 16.5. The maximum atomic E-state index is 5.28. The molecule has 2 nitrogen and oxygen atoms in total. The maximum absolute atomic E-state index is 5.28. The molecule has 0 unspecified atom stereocenters. The van der Waals surface area contributed by atoms with E-state index in [-0.39, 0.29) is 0 Å². The van der Waals surface area contributed by atoms with Gasteiger partial charge in [0.25, 0.3) is 0 Å². The molecule has 0 saturated heterocycles. The van der Waals surface area contributed by atoms with E-state index in [4.69, 9.17) is 15.9 Å². The molecule has 0 aliphatic heterocycles. The summed E-state index contributed by atoms with van der Waals surface area (Å²) in [5.74, 6) is 0.868. The van der Waals surface area contributed by atoms with Crippen LogP contribution >= 0.6 is 0 Å². The number of terminal acetylenes is 1. The molecule has 0 bridgehead atoms. The smallest absolute Gasteiger partial charge is 0.125 e. The average Bonchev–Trinajstić information content (AvgIpc) is 2.17. The van der Waals surface area contributed by atoms with Crippen LogP contribution in [0.4, 0.5) is 0 Å². The van der Waals surface area contributed by atoms with Crippen LogP contribution < -0.4 is 4.74 Å². The van der Waals surface area contributed by atoms with Crippen LogP contribution in [-0.2, 0) is 11.3 Å². The fourth-order valence-corrected chi connectivity index (χ4v) is 0.974. The van der Waals surface area contributed by atoms with E-state index in [1.165, 1.54) is 0 Å². The molecule has 0 heterocycles. The van der Waals surface area contributed by atoms with Gasteiger partial charge in [-0.1, -0.05) is 18.6 Å². The molecule has 1 rings (SSSR count). The van der Waals surface area contributed by atoms with Gasteiger partial charge in [-0.3, -0.25) is 0 Å². The summed E-state index contributed by atoms with van der Waals surface area (Å²) in [5.41, 5.74) is 1.04. The van der Waals surface area contributed by atoms with Crippen molar-refractivity contribution in [2.45, 2.75) is 13.5 Å². The first-order valence-electron chi connectivity index (χ1n) is 4.16. The van der Waals surface area contributed by atoms with Crippen LogP contribution in [-0.4, -0.2) is 6.61 Å². The Balaban J connectivity index is 2.54. The molecule has 1 aromatic carbocycles. The first kappa shape index (κ1) is 9.47. The third kappa shape index (κ3) is 3.08. The summed E-state index contributed by atoms with van der Waals surface area (Å²) in [6.45, 7) is 3.08. The van der Waals surface area contributed by atoms with Crippen LogP contribution in [0.2, 0.25) is 0 Å². The molecule has 0 saturated carbocycles. The van der Waals surface area contributed by atoms with Gasteiger partial charge in [-0.15, -0.1) is 0 Å². The Labute approximate surface area is 78.5 Å². The summed E-state index contributed by atoms with van der Waals surface area (Å²) in [6, 6.07) is 7.67. The summed E-state index contributed by atoms with van der Waals surface area (Å²) in [5, 5.41) is 0. The van der Waals surface area contributed by atoms with Gasteiger partial charge in [-0.2, -0.15) is 0 Å².